The van der Waals surface area contributed by atoms with E-state index in [0.717, 1.165) is 27.4 Å². The van der Waals surface area contributed by atoms with Crippen molar-refractivity contribution >= 4 is 29.3 Å². The summed E-state index contributed by atoms with van der Waals surface area (Å²) < 4.78 is 0. The van der Waals surface area contributed by atoms with Crippen LogP contribution in [0.2, 0.25) is 0 Å². The number of hydrogen-bond acceptors (Lipinski definition) is 3. The van der Waals surface area contributed by atoms with Crippen molar-refractivity contribution in [2.24, 2.45) is 0 Å². The molecule has 21 heavy (non-hydrogen) atoms. The summed E-state index contributed by atoms with van der Waals surface area (Å²) in [6.07, 6.45) is 3.96. The van der Waals surface area contributed by atoms with Crippen LogP contribution in [0.1, 0.15) is 15.9 Å². The molecule has 3 heteroatoms. The van der Waals surface area contributed by atoms with Gasteiger partial charge in [-0.2, -0.15) is 0 Å². The van der Waals surface area contributed by atoms with Crippen LogP contribution >= 0.6 is 11.8 Å². The quantitative estimate of drug-likeness (QED) is 0.673. The van der Waals surface area contributed by atoms with Gasteiger partial charge in [-0.05, 0) is 23.8 Å². The van der Waals surface area contributed by atoms with Crippen molar-refractivity contribution in [1.29, 1.82) is 0 Å². The van der Waals surface area contributed by atoms with E-state index in [1.165, 1.54) is 4.90 Å². The number of Topliss-reactive ketones (excluding diaryl/α,β-unsaturated/α-hetero) is 1. The van der Waals surface area contributed by atoms with E-state index in [2.05, 4.69) is 17.0 Å². The summed E-state index contributed by atoms with van der Waals surface area (Å²) in [5, 5.41) is 1.01. The van der Waals surface area contributed by atoms with E-state index in [4.69, 9.17) is 0 Å². The molecule has 0 amide bonds. The Bertz CT molecular complexity index is 819. The van der Waals surface area contributed by atoms with E-state index < -0.39 is 0 Å². The molecule has 0 radical (unpaired) electrons. The van der Waals surface area contributed by atoms with Gasteiger partial charge in [-0.15, -0.1) is 0 Å². The zero-order valence-electron chi connectivity index (χ0n) is 11.5. The summed E-state index contributed by atoms with van der Waals surface area (Å²) in [6, 6.07) is 16.0. The first-order chi connectivity index (χ1) is 10.3. The highest BCUT2D eigenvalue weighted by Gasteiger charge is 2.28. The molecular weight excluding hydrogens is 278 g/mol. The summed E-state index contributed by atoms with van der Waals surface area (Å²) >= 11 is 1.66. The highest BCUT2D eigenvalue weighted by molar-refractivity contribution is 8.03. The average molecular weight is 291 g/mol. The number of hydrogen-bond donors (Lipinski definition) is 0. The Labute approximate surface area is 127 Å². The third-order valence-corrected chi connectivity index (χ3v) is 5.10. The second-order valence-corrected chi connectivity index (χ2v) is 6.13. The van der Waals surface area contributed by atoms with Crippen molar-refractivity contribution in [3.05, 3.63) is 76.3 Å². The molecule has 0 atom stereocenters. The van der Waals surface area contributed by atoms with Crippen LogP contribution in [0.15, 0.2) is 70.1 Å². The van der Waals surface area contributed by atoms with E-state index >= 15 is 0 Å². The molecule has 0 fully saturated rings. The van der Waals surface area contributed by atoms with Crippen molar-refractivity contribution in [3.63, 3.8) is 0 Å². The molecule has 0 spiro atoms. The van der Waals surface area contributed by atoms with Crippen LogP contribution in [0.4, 0.5) is 5.69 Å². The zero-order valence-corrected chi connectivity index (χ0v) is 12.4. The van der Waals surface area contributed by atoms with Gasteiger partial charge in [-0.1, -0.05) is 54.2 Å². The van der Waals surface area contributed by atoms with Gasteiger partial charge in [-0.3, -0.25) is 4.79 Å². The lowest BCUT2D eigenvalue weighted by Crippen LogP contribution is -2.17. The number of carbonyl (C=O) groups is 1. The molecule has 2 aromatic rings. The van der Waals surface area contributed by atoms with Crippen LogP contribution in [0, 0.1) is 0 Å². The number of rotatable bonds is 0. The molecule has 1 aliphatic heterocycles. The van der Waals surface area contributed by atoms with Crippen LogP contribution < -0.4 is 4.90 Å². The van der Waals surface area contributed by atoms with E-state index in [9.17, 15) is 4.79 Å². The molecule has 1 aliphatic carbocycles. The normalized spacial score (nSPS) is 19.7. The van der Waals surface area contributed by atoms with Gasteiger partial charge in [0.15, 0.2) is 5.78 Å². The fourth-order valence-electron chi connectivity index (χ4n) is 2.75. The number of carbonyl (C=O) groups excluding carboxylic acids is 1. The number of allylic oxidation sites excluding steroid dienone is 2. The monoisotopic (exact) mass is 291 g/mol. The summed E-state index contributed by atoms with van der Waals surface area (Å²) in [4.78, 5) is 16.1. The van der Waals surface area contributed by atoms with E-state index in [1.807, 2.05) is 55.6 Å². The van der Waals surface area contributed by atoms with Gasteiger partial charge in [0.2, 0.25) is 0 Å². The molecule has 0 saturated heterocycles. The maximum Gasteiger partial charge on any atom is 0.196 e. The van der Waals surface area contributed by atoms with Gasteiger partial charge in [0.1, 0.15) is 0 Å². The molecule has 0 bridgehead atoms. The minimum atomic E-state index is 0.107. The van der Waals surface area contributed by atoms with Crippen molar-refractivity contribution in [2.45, 2.75) is 4.90 Å². The maximum absolute atomic E-state index is 12.8. The van der Waals surface area contributed by atoms with E-state index in [0.29, 0.717) is 0 Å². The second kappa shape index (κ2) is 4.64. The minimum absolute atomic E-state index is 0.107. The van der Waals surface area contributed by atoms with Crippen molar-refractivity contribution in [3.8, 4) is 0 Å². The zero-order chi connectivity index (χ0) is 14.4. The molecule has 2 aromatic carbocycles. The first kappa shape index (κ1) is 12.5. The Morgan fingerprint density at radius 3 is 2.57 bits per heavy atom. The Morgan fingerprint density at radius 1 is 0.952 bits per heavy atom. The van der Waals surface area contributed by atoms with Gasteiger partial charge in [0, 0.05) is 17.5 Å². The molecule has 0 aromatic heterocycles. The predicted octanol–water partition coefficient (Wildman–Crippen LogP) is 4.35. The molecule has 1 heterocycles. The third-order valence-electron chi connectivity index (χ3n) is 3.85. The van der Waals surface area contributed by atoms with Gasteiger partial charge in [0.25, 0.3) is 0 Å². The van der Waals surface area contributed by atoms with Crippen LogP contribution in [0.5, 0.6) is 0 Å². The summed E-state index contributed by atoms with van der Waals surface area (Å²) in [5.74, 6) is 0.107. The fraction of sp³-hybridized carbons (Fsp3) is 0.0556. The second-order valence-electron chi connectivity index (χ2n) is 5.10. The SMILES string of the molecule is CN1C(=C2C=Cc3ccccc3C2=O)Sc2ccccc21. The Morgan fingerprint density at radius 2 is 1.71 bits per heavy atom. The van der Waals surface area contributed by atoms with E-state index in [-0.39, 0.29) is 5.78 Å². The summed E-state index contributed by atoms with van der Waals surface area (Å²) in [5.41, 5.74) is 3.71. The summed E-state index contributed by atoms with van der Waals surface area (Å²) in [6.45, 7) is 0. The molecule has 2 nitrogen and oxygen atoms in total. The third kappa shape index (κ3) is 1.85. The smallest absolute Gasteiger partial charge is 0.196 e. The van der Waals surface area contributed by atoms with Gasteiger partial charge in [0.05, 0.1) is 16.3 Å². The van der Waals surface area contributed by atoms with Crippen LogP contribution in [-0.2, 0) is 0 Å². The molecule has 0 N–H and O–H groups in total. The van der Waals surface area contributed by atoms with Gasteiger partial charge < -0.3 is 4.90 Å². The lowest BCUT2D eigenvalue weighted by Gasteiger charge is -2.19. The van der Waals surface area contributed by atoms with Gasteiger partial charge in [-0.25, -0.2) is 0 Å². The first-order valence-electron chi connectivity index (χ1n) is 6.82. The van der Waals surface area contributed by atoms with Crippen LogP contribution in [-0.4, -0.2) is 12.8 Å². The lowest BCUT2D eigenvalue weighted by atomic mass is 9.93. The number of ketones is 1. The van der Waals surface area contributed by atoms with Crippen molar-refractivity contribution in [1.82, 2.24) is 0 Å². The number of fused-ring (bicyclic) bond motifs is 2. The molecule has 102 valence electrons. The summed E-state index contributed by atoms with van der Waals surface area (Å²) in [7, 11) is 2.02. The molecule has 2 aliphatic rings. The topological polar surface area (TPSA) is 20.3 Å². The van der Waals surface area contributed by atoms with Crippen molar-refractivity contribution < 1.29 is 4.79 Å². The highest BCUT2D eigenvalue weighted by Crippen LogP contribution is 2.47. The number of nitrogens with zero attached hydrogens (tertiary/aromatic N) is 1. The van der Waals surface area contributed by atoms with Crippen molar-refractivity contribution in [2.75, 3.05) is 11.9 Å². The minimum Gasteiger partial charge on any atom is -0.338 e. The largest absolute Gasteiger partial charge is 0.338 e. The number of benzene rings is 2. The van der Waals surface area contributed by atoms with Crippen LogP contribution in [0.3, 0.4) is 0 Å². The van der Waals surface area contributed by atoms with Gasteiger partial charge >= 0.3 is 0 Å². The Hall–Kier alpha value is -2.26. The van der Waals surface area contributed by atoms with E-state index in [1.54, 1.807) is 11.8 Å². The molecular formula is C18H13NOS. The standard InChI is InChI=1S/C18H13NOS/c1-19-15-8-4-5-9-16(15)21-18(19)14-11-10-12-6-2-3-7-13(12)17(14)20/h2-11H,1H3. The number of thioether (sulfide) groups is 1. The first-order valence-corrected chi connectivity index (χ1v) is 7.64. The average Bonchev–Trinajstić information content (AvgIpc) is 2.85. The number of anilines is 1. The Kier molecular flexibility index (Phi) is 2.76. The molecule has 4 rings (SSSR count). The highest BCUT2D eigenvalue weighted by atomic mass is 32.2. The molecule has 0 saturated carbocycles. The molecule has 0 unspecified atom stereocenters. The number of para-hydroxylation sites is 1. The Balaban J connectivity index is 1.84. The van der Waals surface area contributed by atoms with Crippen LogP contribution in [0.25, 0.3) is 6.08 Å². The fourth-order valence-corrected chi connectivity index (χ4v) is 3.92. The lowest BCUT2D eigenvalue weighted by molar-refractivity contribution is 0.103. The maximum atomic E-state index is 12.8. The predicted molar refractivity (Wildman–Crippen MR) is 87.5 cm³/mol.